The van der Waals surface area contributed by atoms with Crippen LogP contribution in [0.3, 0.4) is 0 Å². The van der Waals surface area contributed by atoms with Crippen LogP contribution in [0.25, 0.3) is 0 Å². The monoisotopic (exact) mass is 274 g/mol. The third kappa shape index (κ3) is 3.06. The molecule has 1 aromatic carbocycles. The SMILES string of the molecule is C=C1C=CN(N(C2=CCC=CC=C2)c2ccccc2)C=C1. The quantitative estimate of drug-likeness (QED) is 0.787. The molecule has 0 saturated heterocycles. The molecule has 0 radical (unpaired) electrons. The summed E-state index contributed by atoms with van der Waals surface area (Å²) in [5.41, 5.74) is 3.27. The molecule has 1 aromatic rings. The van der Waals surface area contributed by atoms with Gasteiger partial charge in [-0.15, -0.1) is 0 Å². The van der Waals surface area contributed by atoms with E-state index < -0.39 is 0 Å². The van der Waals surface area contributed by atoms with Crippen LogP contribution >= 0.6 is 0 Å². The Balaban J connectivity index is 1.99. The second-order valence-corrected chi connectivity index (χ2v) is 4.89. The zero-order valence-electron chi connectivity index (χ0n) is 11.9. The van der Waals surface area contributed by atoms with Crippen molar-refractivity contribution in [3.63, 3.8) is 0 Å². The van der Waals surface area contributed by atoms with Crippen molar-refractivity contribution < 1.29 is 0 Å². The molecule has 0 saturated carbocycles. The molecule has 3 rings (SSSR count). The molecule has 2 aliphatic rings. The summed E-state index contributed by atoms with van der Waals surface area (Å²) in [6.45, 7) is 3.95. The average Bonchev–Trinajstić information content (AvgIpc) is 2.80. The first kappa shape index (κ1) is 13.3. The lowest BCUT2D eigenvalue weighted by Gasteiger charge is -2.35. The molecular formula is C19H18N2. The van der Waals surface area contributed by atoms with Crippen molar-refractivity contribution in [1.82, 2.24) is 5.01 Å². The summed E-state index contributed by atoms with van der Waals surface area (Å²) in [5, 5.41) is 4.26. The summed E-state index contributed by atoms with van der Waals surface area (Å²) < 4.78 is 0. The minimum absolute atomic E-state index is 0.930. The molecule has 2 nitrogen and oxygen atoms in total. The Morgan fingerprint density at radius 2 is 1.71 bits per heavy atom. The molecule has 0 amide bonds. The normalized spacial score (nSPS) is 16.9. The maximum absolute atomic E-state index is 3.95. The van der Waals surface area contributed by atoms with E-state index in [1.165, 1.54) is 0 Å². The van der Waals surface area contributed by atoms with Crippen LogP contribution in [0.2, 0.25) is 0 Å². The molecule has 0 bridgehead atoms. The van der Waals surface area contributed by atoms with E-state index in [4.69, 9.17) is 0 Å². The van der Waals surface area contributed by atoms with Gasteiger partial charge in [-0.1, -0.05) is 49.1 Å². The van der Waals surface area contributed by atoms with Crippen LogP contribution in [0, 0.1) is 0 Å². The van der Waals surface area contributed by atoms with Crippen molar-refractivity contribution in [2.75, 3.05) is 5.01 Å². The zero-order chi connectivity index (χ0) is 14.5. The summed E-state index contributed by atoms with van der Waals surface area (Å²) in [7, 11) is 0. The first-order valence-corrected chi connectivity index (χ1v) is 7.07. The first-order valence-electron chi connectivity index (χ1n) is 7.07. The molecule has 0 unspecified atom stereocenters. The van der Waals surface area contributed by atoms with E-state index in [2.05, 4.69) is 71.2 Å². The van der Waals surface area contributed by atoms with Crippen LogP contribution in [0.15, 0.2) is 103 Å². The van der Waals surface area contributed by atoms with Crippen molar-refractivity contribution in [3.05, 3.63) is 103 Å². The molecule has 0 aromatic heterocycles. The summed E-state index contributed by atoms with van der Waals surface area (Å²) in [6, 6.07) is 10.4. The smallest absolute Gasteiger partial charge is 0.0636 e. The number of hydrazine groups is 1. The Bertz CT molecular complexity index is 644. The largest absolute Gasteiger partial charge is 0.264 e. The van der Waals surface area contributed by atoms with Crippen LogP contribution < -0.4 is 5.01 Å². The maximum atomic E-state index is 3.95. The van der Waals surface area contributed by atoms with Gasteiger partial charge in [-0.25, -0.2) is 0 Å². The molecule has 0 N–H and O–H groups in total. The number of hydrogen-bond donors (Lipinski definition) is 0. The van der Waals surface area contributed by atoms with Crippen LogP contribution in [-0.2, 0) is 0 Å². The van der Waals surface area contributed by atoms with Crippen molar-refractivity contribution in [2.45, 2.75) is 6.42 Å². The van der Waals surface area contributed by atoms with Gasteiger partial charge in [0.25, 0.3) is 0 Å². The molecule has 104 valence electrons. The van der Waals surface area contributed by atoms with E-state index in [0.717, 1.165) is 23.4 Å². The highest BCUT2D eigenvalue weighted by Crippen LogP contribution is 2.26. The van der Waals surface area contributed by atoms with Gasteiger partial charge in [-0.05, 0) is 42.4 Å². The van der Waals surface area contributed by atoms with Gasteiger partial charge in [0.15, 0.2) is 0 Å². The Morgan fingerprint density at radius 1 is 0.952 bits per heavy atom. The number of rotatable bonds is 3. The predicted octanol–water partition coefficient (Wildman–Crippen LogP) is 4.71. The Morgan fingerprint density at radius 3 is 2.48 bits per heavy atom. The van der Waals surface area contributed by atoms with Gasteiger partial charge < -0.3 is 0 Å². The van der Waals surface area contributed by atoms with Gasteiger partial charge >= 0.3 is 0 Å². The van der Waals surface area contributed by atoms with Gasteiger partial charge in [0.05, 0.1) is 11.4 Å². The Hall–Kier alpha value is -2.74. The molecule has 21 heavy (non-hydrogen) atoms. The highest BCUT2D eigenvalue weighted by molar-refractivity contribution is 5.55. The topological polar surface area (TPSA) is 6.48 Å². The molecule has 1 aliphatic carbocycles. The lowest BCUT2D eigenvalue weighted by atomic mass is 10.2. The second-order valence-electron chi connectivity index (χ2n) is 4.89. The summed E-state index contributed by atoms with van der Waals surface area (Å²) in [6.07, 6.45) is 19.7. The molecule has 2 heteroatoms. The average molecular weight is 274 g/mol. The van der Waals surface area contributed by atoms with Crippen molar-refractivity contribution in [1.29, 1.82) is 0 Å². The van der Waals surface area contributed by atoms with E-state index in [0.29, 0.717) is 0 Å². The van der Waals surface area contributed by atoms with Gasteiger partial charge in [0.2, 0.25) is 0 Å². The van der Waals surface area contributed by atoms with Crippen molar-refractivity contribution >= 4 is 5.69 Å². The fraction of sp³-hybridized carbons (Fsp3) is 0.0526. The molecule has 0 spiro atoms. The van der Waals surface area contributed by atoms with Crippen molar-refractivity contribution in [3.8, 4) is 0 Å². The van der Waals surface area contributed by atoms with Gasteiger partial charge in [0, 0.05) is 12.4 Å². The molecule has 1 heterocycles. The van der Waals surface area contributed by atoms with Crippen LogP contribution in [0.1, 0.15) is 6.42 Å². The van der Waals surface area contributed by atoms with E-state index in [9.17, 15) is 0 Å². The third-order valence-electron chi connectivity index (χ3n) is 3.34. The number of allylic oxidation sites excluding steroid dienone is 8. The summed E-state index contributed by atoms with van der Waals surface area (Å²) in [5.74, 6) is 0. The fourth-order valence-corrected chi connectivity index (χ4v) is 2.29. The van der Waals surface area contributed by atoms with Gasteiger partial charge in [-0.3, -0.25) is 10.0 Å². The standard InChI is InChI=1S/C19H18N2/c1-17-13-15-20(16-14-17)21(19-11-7-4-8-12-19)18-9-5-2-3-6-10-18/h2-5,7-16H,1,6H2. The minimum Gasteiger partial charge on any atom is -0.264 e. The first-order chi connectivity index (χ1) is 10.3. The predicted molar refractivity (Wildman–Crippen MR) is 89.2 cm³/mol. The maximum Gasteiger partial charge on any atom is 0.0636 e. The van der Waals surface area contributed by atoms with E-state index in [1.807, 2.05) is 30.6 Å². The van der Waals surface area contributed by atoms with Crippen LogP contribution in [0.4, 0.5) is 5.69 Å². The van der Waals surface area contributed by atoms with E-state index in [1.54, 1.807) is 0 Å². The van der Waals surface area contributed by atoms with Crippen molar-refractivity contribution in [2.24, 2.45) is 0 Å². The third-order valence-corrected chi connectivity index (χ3v) is 3.34. The molecule has 0 atom stereocenters. The number of benzene rings is 1. The fourth-order valence-electron chi connectivity index (χ4n) is 2.29. The lowest BCUT2D eigenvalue weighted by molar-refractivity contribution is 0.497. The summed E-state index contributed by atoms with van der Waals surface area (Å²) in [4.78, 5) is 0. The van der Waals surface area contributed by atoms with Crippen LogP contribution in [0.5, 0.6) is 0 Å². The highest BCUT2D eigenvalue weighted by atomic mass is 15.6. The van der Waals surface area contributed by atoms with Crippen LogP contribution in [-0.4, -0.2) is 5.01 Å². The van der Waals surface area contributed by atoms with Gasteiger partial charge in [-0.2, -0.15) is 0 Å². The highest BCUT2D eigenvalue weighted by Gasteiger charge is 2.16. The number of hydrogen-bond acceptors (Lipinski definition) is 2. The Kier molecular flexibility index (Phi) is 3.88. The second kappa shape index (κ2) is 6.14. The van der Waals surface area contributed by atoms with E-state index in [-0.39, 0.29) is 0 Å². The Labute approximate surface area is 126 Å². The number of nitrogens with zero attached hydrogens (tertiary/aromatic N) is 2. The molecule has 1 aliphatic heterocycles. The summed E-state index contributed by atoms with van der Waals surface area (Å²) >= 11 is 0. The number of anilines is 1. The lowest BCUT2D eigenvalue weighted by Crippen LogP contribution is -2.35. The minimum atomic E-state index is 0.930. The van der Waals surface area contributed by atoms with Gasteiger partial charge in [0.1, 0.15) is 0 Å². The molecular weight excluding hydrogens is 256 g/mol. The zero-order valence-corrected chi connectivity index (χ0v) is 11.9. The number of para-hydroxylation sites is 1. The van der Waals surface area contributed by atoms with E-state index >= 15 is 0 Å². The molecule has 0 fully saturated rings.